The quantitative estimate of drug-likeness (QED) is 0.534. The maximum atomic E-state index is 8.13. The van der Waals surface area contributed by atoms with Gasteiger partial charge in [-0.05, 0) is 22.0 Å². The van der Waals surface area contributed by atoms with E-state index in [0.717, 1.165) is 8.72 Å². The van der Waals surface area contributed by atoms with Gasteiger partial charge in [0.25, 0.3) is 0 Å². The molecule has 0 aromatic rings. The topological polar surface area (TPSA) is 23.8 Å². The van der Waals surface area contributed by atoms with E-state index >= 15 is 0 Å². The van der Waals surface area contributed by atoms with E-state index < -0.39 is 0 Å². The lowest BCUT2D eigenvalue weighted by Gasteiger charge is -1.93. The van der Waals surface area contributed by atoms with Gasteiger partial charge in [-0.3, -0.25) is 0 Å². The van der Waals surface area contributed by atoms with Crippen LogP contribution < -0.4 is 0 Å². The Hall–Kier alpha value is -0.460. The van der Waals surface area contributed by atoms with E-state index in [1.165, 1.54) is 17.8 Å². The Morgan fingerprint density at radius 1 is 1.60 bits per heavy atom. The standard InChI is InChI=1S/C7H6BrNS/c1-6(4-3-5-9)10-7(2)8/h3-4H,1-2H2/b4-3-. The molecule has 1 nitrogen and oxygen atoms in total. The van der Waals surface area contributed by atoms with Crippen LogP contribution in [0.4, 0.5) is 0 Å². The van der Waals surface area contributed by atoms with Crippen LogP contribution in [0.5, 0.6) is 0 Å². The zero-order chi connectivity index (χ0) is 7.98. The summed E-state index contributed by atoms with van der Waals surface area (Å²) in [5.41, 5.74) is 0. The van der Waals surface area contributed by atoms with E-state index in [0.29, 0.717) is 0 Å². The molecule has 0 aliphatic rings. The highest BCUT2D eigenvalue weighted by Gasteiger charge is 1.89. The van der Waals surface area contributed by atoms with Crippen LogP contribution in [-0.4, -0.2) is 0 Å². The number of nitriles is 1. The summed E-state index contributed by atoms with van der Waals surface area (Å²) < 4.78 is 0.792. The number of nitrogens with zero attached hydrogens (tertiary/aromatic N) is 1. The van der Waals surface area contributed by atoms with Crippen LogP contribution in [0.25, 0.3) is 0 Å². The van der Waals surface area contributed by atoms with Crippen molar-refractivity contribution in [1.82, 2.24) is 0 Å². The number of hydrogen-bond acceptors (Lipinski definition) is 2. The molecular weight excluding hydrogens is 210 g/mol. The fraction of sp³-hybridized carbons (Fsp3) is 0. The summed E-state index contributed by atoms with van der Waals surface area (Å²) in [5.74, 6) is 0. The summed E-state index contributed by atoms with van der Waals surface area (Å²) in [6, 6.07) is 1.87. The van der Waals surface area contributed by atoms with Crippen molar-refractivity contribution in [1.29, 1.82) is 5.26 Å². The minimum Gasteiger partial charge on any atom is -0.193 e. The summed E-state index contributed by atoms with van der Waals surface area (Å²) in [5, 5.41) is 8.13. The Bertz CT molecular complexity index is 212. The molecule has 0 fully saturated rings. The number of rotatable bonds is 3. The van der Waals surface area contributed by atoms with Crippen LogP contribution in [0.1, 0.15) is 0 Å². The van der Waals surface area contributed by atoms with Gasteiger partial charge in [0.15, 0.2) is 0 Å². The molecule has 0 amide bonds. The molecule has 0 saturated heterocycles. The molecule has 0 aromatic heterocycles. The largest absolute Gasteiger partial charge is 0.193 e. The Morgan fingerprint density at radius 2 is 2.20 bits per heavy atom. The Labute approximate surface area is 73.2 Å². The lowest BCUT2D eigenvalue weighted by molar-refractivity contribution is 1.53. The fourth-order valence-corrected chi connectivity index (χ4v) is 1.35. The molecule has 0 aromatic carbocycles. The normalized spacial score (nSPS) is 9.20. The van der Waals surface area contributed by atoms with E-state index in [1.807, 2.05) is 6.07 Å². The molecule has 0 saturated carbocycles. The van der Waals surface area contributed by atoms with Crippen LogP contribution >= 0.6 is 27.7 Å². The molecule has 0 rings (SSSR count). The van der Waals surface area contributed by atoms with Gasteiger partial charge < -0.3 is 0 Å². The molecule has 10 heavy (non-hydrogen) atoms. The van der Waals surface area contributed by atoms with Gasteiger partial charge in [-0.25, -0.2) is 0 Å². The lowest BCUT2D eigenvalue weighted by Crippen LogP contribution is -1.62. The van der Waals surface area contributed by atoms with Crippen molar-refractivity contribution in [3.05, 3.63) is 34.0 Å². The molecule has 0 atom stereocenters. The first-order valence-corrected chi connectivity index (χ1v) is 4.05. The zero-order valence-electron chi connectivity index (χ0n) is 5.30. The van der Waals surface area contributed by atoms with Crippen molar-refractivity contribution < 1.29 is 0 Å². The summed E-state index contributed by atoms with van der Waals surface area (Å²) in [4.78, 5) is 0.795. The first-order chi connectivity index (χ1) is 4.66. The monoisotopic (exact) mass is 215 g/mol. The minimum absolute atomic E-state index is 0.792. The second kappa shape index (κ2) is 5.33. The predicted octanol–water partition coefficient (Wildman–Crippen LogP) is 3.18. The van der Waals surface area contributed by atoms with Gasteiger partial charge in [-0.2, -0.15) is 5.26 Å². The molecule has 0 aliphatic carbocycles. The molecule has 0 radical (unpaired) electrons. The van der Waals surface area contributed by atoms with Gasteiger partial charge in [-0.1, -0.05) is 24.9 Å². The number of hydrogen-bond donors (Lipinski definition) is 0. The molecule has 0 unspecified atom stereocenters. The second-order valence-electron chi connectivity index (χ2n) is 1.39. The van der Waals surface area contributed by atoms with Gasteiger partial charge in [0.2, 0.25) is 0 Å². The molecular formula is C7H6BrNS. The molecule has 0 aliphatic heterocycles. The smallest absolute Gasteiger partial charge is 0.0912 e. The molecule has 0 heterocycles. The Kier molecular flexibility index (Phi) is 5.09. The van der Waals surface area contributed by atoms with Crippen molar-refractivity contribution in [2.24, 2.45) is 0 Å². The summed E-state index contributed by atoms with van der Waals surface area (Å²) >= 11 is 4.54. The van der Waals surface area contributed by atoms with Gasteiger partial charge >= 0.3 is 0 Å². The van der Waals surface area contributed by atoms with Crippen LogP contribution in [0.3, 0.4) is 0 Å². The summed E-state index contributed by atoms with van der Waals surface area (Å²) in [6.45, 7) is 7.27. The van der Waals surface area contributed by atoms with E-state index in [9.17, 15) is 0 Å². The third kappa shape index (κ3) is 5.67. The third-order valence-corrected chi connectivity index (χ3v) is 1.69. The van der Waals surface area contributed by atoms with Crippen LogP contribution in [0, 0.1) is 11.3 Å². The molecule has 0 N–H and O–H groups in total. The minimum atomic E-state index is 0.792. The van der Waals surface area contributed by atoms with E-state index in [-0.39, 0.29) is 0 Å². The third-order valence-electron chi connectivity index (χ3n) is 0.586. The van der Waals surface area contributed by atoms with Crippen LogP contribution in [-0.2, 0) is 0 Å². The SMILES string of the molecule is C=C(Br)SC(=C)/C=C\C#N. The fourth-order valence-electron chi connectivity index (χ4n) is 0.306. The molecule has 0 spiro atoms. The Balaban J connectivity index is 3.78. The highest BCUT2D eigenvalue weighted by atomic mass is 79.9. The summed E-state index contributed by atoms with van der Waals surface area (Å²) in [6.07, 6.45) is 3.02. The van der Waals surface area contributed by atoms with Crippen molar-refractivity contribution in [3.8, 4) is 6.07 Å². The average Bonchev–Trinajstić information content (AvgIpc) is 1.82. The van der Waals surface area contributed by atoms with E-state index in [2.05, 4.69) is 29.1 Å². The molecule has 0 bridgehead atoms. The van der Waals surface area contributed by atoms with E-state index in [4.69, 9.17) is 5.26 Å². The summed E-state index contributed by atoms with van der Waals surface area (Å²) in [7, 11) is 0. The highest BCUT2D eigenvalue weighted by molar-refractivity contribution is 9.14. The first-order valence-electron chi connectivity index (χ1n) is 2.44. The lowest BCUT2D eigenvalue weighted by atomic mass is 10.5. The second-order valence-corrected chi connectivity index (χ2v) is 4.09. The maximum absolute atomic E-state index is 8.13. The first kappa shape index (κ1) is 9.54. The Morgan fingerprint density at radius 3 is 2.60 bits per heavy atom. The van der Waals surface area contributed by atoms with Crippen molar-refractivity contribution >= 4 is 27.7 Å². The highest BCUT2D eigenvalue weighted by Crippen LogP contribution is 2.27. The number of halogens is 1. The molecule has 3 heteroatoms. The average molecular weight is 216 g/mol. The van der Waals surface area contributed by atoms with Crippen molar-refractivity contribution in [2.45, 2.75) is 0 Å². The predicted molar refractivity (Wildman–Crippen MR) is 49.6 cm³/mol. The van der Waals surface area contributed by atoms with Crippen molar-refractivity contribution in [2.75, 3.05) is 0 Å². The van der Waals surface area contributed by atoms with Gasteiger partial charge in [0.1, 0.15) is 0 Å². The number of allylic oxidation sites excluding steroid dienone is 2. The van der Waals surface area contributed by atoms with Crippen LogP contribution in [0.2, 0.25) is 0 Å². The van der Waals surface area contributed by atoms with Gasteiger partial charge in [0.05, 0.1) is 6.07 Å². The van der Waals surface area contributed by atoms with Gasteiger partial charge in [-0.15, -0.1) is 0 Å². The number of thioether (sulfide) groups is 1. The van der Waals surface area contributed by atoms with Gasteiger partial charge in [0, 0.05) is 14.8 Å². The molecule has 52 valence electrons. The van der Waals surface area contributed by atoms with E-state index in [1.54, 1.807) is 6.08 Å². The maximum Gasteiger partial charge on any atom is 0.0912 e. The van der Waals surface area contributed by atoms with Crippen LogP contribution in [0.15, 0.2) is 34.0 Å². The van der Waals surface area contributed by atoms with Crippen molar-refractivity contribution in [3.63, 3.8) is 0 Å². The zero-order valence-corrected chi connectivity index (χ0v) is 7.70.